The summed E-state index contributed by atoms with van der Waals surface area (Å²) in [5, 5.41) is 7.54. The second kappa shape index (κ2) is 6.63. The highest BCUT2D eigenvalue weighted by molar-refractivity contribution is 7.05. The van der Waals surface area contributed by atoms with E-state index in [2.05, 4.69) is 27.9 Å². The predicted octanol–water partition coefficient (Wildman–Crippen LogP) is 2.81. The first-order valence-electron chi connectivity index (χ1n) is 6.51. The molecule has 0 saturated heterocycles. The summed E-state index contributed by atoms with van der Waals surface area (Å²) < 4.78 is 9.79. The van der Waals surface area contributed by atoms with Crippen LogP contribution in [-0.4, -0.2) is 23.2 Å². The summed E-state index contributed by atoms with van der Waals surface area (Å²) in [6.07, 6.45) is 0.890. The van der Waals surface area contributed by atoms with Gasteiger partial charge in [-0.25, -0.2) is 0 Å². The van der Waals surface area contributed by atoms with Gasteiger partial charge in [-0.05, 0) is 38.0 Å². The Hall–Kier alpha value is -1.46. The first kappa shape index (κ1) is 14.0. The van der Waals surface area contributed by atoms with Crippen LogP contribution >= 0.6 is 11.5 Å². The molecule has 1 aromatic carbocycles. The van der Waals surface area contributed by atoms with Gasteiger partial charge < -0.3 is 10.1 Å². The molecule has 0 aliphatic carbocycles. The van der Waals surface area contributed by atoms with Crippen LogP contribution < -0.4 is 10.1 Å². The first-order valence-corrected chi connectivity index (χ1v) is 7.29. The van der Waals surface area contributed by atoms with Crippen LogP contribution in [0.4, 0.5) is 0 Å². The number of aromatic nitrogens is 2. The summed E-state index contributed by atoms with van der Waals surface area (Å²) in [6.45, 7) is 4.76. The molecule has 1 heterocycles. The van der Waals surface area contributed by atoms with Crippen molar-refractivity contribution in [3.05, 3.63) is 40.4 Å². The Balaban J connectivity index is 2.42. The number of ether oxygens (including phenoxy) is 1. The molecule has 0 bridgehead atoms. The number of benzene rings is 1. The van der Waals surface area contributed by atoms with Crippen molar-refractivity contribution in [2.45, 2.75) is 26.3 Å². The Morgan fingerprint density at radius 1 is 1.32 bits per heavy atom. The van der Waals surface area contributed by atoms with Gasteiger partial charge in [0.05, 0.1) is 23.2 Å². The largest absolute Gasteiger partial charge is 0.494 e. The standard InChI is InChI=1S/C14H19N3OS/c1-4-11-14(19-17-16-11)13(15-3)10-8-6-7-9-12(10)18-5-2/h6-9,13,15H,4-5H2,1-3H3. The first-order chi connectivity index (χ1) is 9.31. The third-order valence-electron chi connectivity index (χ3n) is 3.00. The molecule has 1 aromatic heterocycles. The maximum Gasteiger partial charge on any atom is 0.124 e. The predicted molar refractivity (Wildman–Crippen MR) is 77.8 cm³/mol. The van der Waals surface area contributed by atoms with Gasteiger partial charge in [-0.15, -0.1) is 5.10 Å². The Bertz CT molecular complexity index is 527. The van der Waals surface area contributed by atoms with Gasteiger partial charge in [-0.3, -0.25) is 0 Å². The molecule has 0 saturated carbocycles. The van der Waals surface area contributed by atoms with Crippen molar-refractivity contribution in [2.75, 3.05) is 13.7 Å². The monoisotopic (exact) mass is 277 g/mol. The van der Waals surface area contributed by atoms with Crippen LogP contribution in [0, 0.1) is 0 Å². The third kappa shape index (κ3) is 2.93. The van der Waals surface area contributed by atoms with E-state index in [1.165, 1.54) is 11.5 Å². The second-order valence-corrected chi connectivity index (χ2v) is 4.92. The fraction of sp³-hybridized carbons (Fsp3) is 0.429. The molecule has 102 valence electrons. The lowest BCUT2D eigenvalue weighted by atomic mass is 10.0. The molecule has 1 N–H and O–H groups in total. The summed E-state index contributed by atoms with van der Waals surface area (Å²) in [4.78, 5) is 1.16. The molecular formula is C14H19N3OS. The SMILES string of the molecule is CCOc1ccccc1C(NC)c1snnc1CC. The van der Waals surface area contributed by atoms with E-state index < -0.39 is 0 Å². The lowest BCUT2D eigenvalue weighted by Crippen LogP contribution is -2.19. The molecule has 0 amide bonds. The van der Waals surface area contributed by atoms with Crippen molar-refractivity contribution >= 4 is 11.5 Å². The van der Waals surface area contributed by atoms with Crippen molar-refractivity contribution in [1.82, 2.24) is 14.9 Å². The van der Waals surface area contributed by atoms with E-state index in [0.29, 0.717) is 6.61 Å². The van der Waals surface area contributed by atoms with Crippen LogP contribution in [0.3, 0.4) is 0 Å². The fourth-order valence-corrected chi connectivity index (χ4v) is 2.98. The van der Waals surface area contributed by atoms with E-state index in [4.69, 9.17) is 4.74 Å². The number of nitrogens with one attached hydrogen (secondary N) is 1. The van der Waals surface area contributed by atoms with Crippen LogP contribution in [-0.2, 0) is 6.42 Å². The van der Waals surface area contributed by atoms with Crippen molar-refractivity contribution in [2.24, 2.45) is 0 Å². The molecule has 0 spiro atoms. The molecule has 0 aliphatic rings. The van der Waals surface area contributed by atoms with Gasteiger partial charge in [0.25, 0.3) is 0 Å². The maximum absolute atomic E-state index is 5.72. The Kier molecular flexibility index (Phi) is 4.87. The highest BCUT2D eigenvalue weighted by atomic mass is 32.1. The summed E-state index contributed by atoms with van der Waals surface area (Å²) in [6, 6.07) is 8.20. The van der Waals surface area contributed by atoms with Crippen molar-refractivity contribution in [3.63, 3.8) is 0 Å². The van der Waals surface area contributed by atoms with Crippen LogP contribution in [0.1, 0.15) is 36.0 Å². The highest BCUT2D eigenvalue weighted by Gasteiger charge is 2.21. The van der Waals surface area contributed by atoms with Crippen molar-refractivity contribution in [1.29, 1.82) is 0 Å². The molecule has 0 aliphatic heterocycles. The molecule has 4 nitrogen and oxygen atoms in total. The average Bonchev–Trinajstić information content (AvgIpc) is 2.90. The molecule has 19 heavy (non-hydrogen) atoms. The van der Waals surface area contributed by atoms with Crippen molar-refractivity contribution < 1.29 is 4.74 Å². The lowest BCUT2D eigenvalue weighted by Gasteiger charge is -2.19. The maximum atomic E-state index is 5.72. The topological polar surface area (TPSA) is 47.0 Å². The van der Waals surface area contributed by atoms with Gasteiger partial charge in [0.2, 0.25) is 0 Å². The molecule has 2 aromatic rings. The van der Waals surface area contributed by atoms with E-state index >= 15 is 0 Å². The molecule has 0 fully saturated rings. The van der Waals surface area contributed by atoms with Gasteiger partial charge in [0.1, 0.15) is 5.75 Å². The minimum Gasteiger partial charge on any atom is -0.494 e. The molecular weight excluding hydrogens is 258 g/mol. The van der Waals surface area contributed by atoms with Crippen LogP contribution in [0.15, 0.2) is 24.3 Å². The normalized spacial score (nSPS) is 12.4. The van der Waals surface area contributed by atoms with E-state index in [-0.39, 0.29) is 6.04 Å². The smallest absolute Gasteiger partial charge is 0.124 e. The summed E-state index contributed by atoms with van der Waals surface area (Å²) in [7, 11) is 1.95. The Morgan fingerprint density at radius 3 is 2.79 bits per heavy atom. The van der Waals surface area contributed by atoms with Crippen LogP contribution in [0.5, 0.6) is 5.75 Å². The average molecular weight is 277 g/mol. The highest BCUT2D eigenvalue weighted by Crippen LogP contribution is 2.32. The van der Waals surface area contributed by atoms with E-state index in [0.717, 1.165) is 28.3 Å². The van der Waals surface area contributed by atoms with Gasteiger partial charge in [-0.2, -0.15) is 0 Å². The molecule has 2 rings (SSSR count). The van der Waals surface area contributed by atoms with Gasteiger partial charge >= 0.3 is 0 Å². The fourth-order valence-electron chi connectivity index (χ4n) is 2.11. The van der Waals surface area contributed by atoms with Crippen LogP contribution in [0.25, 0.3) is 0 Å². The van der Waals surface area contributed by atoms with E-state index in [9.17, 15) is 0 Å². The van der Waals surface area contributed by atoms with Gasteiger partial charge in [-0.1, -0.05) is 29.6 Å². The number of rotatable bonds is 6. The number of nitrogens with zero attached hydrogens (tertiary/aromatic N) is 2. The third-order valence-corrected chi connectivity index (χ3v) is 3.83. The minimum atomic E-state index is 0.0812. The molecule has 0 radical (unpaired) electrons. The van der Waals surface area contributed by atoms with Crippen LogP contribution in [0.2, 0.25) is 0 Å². The Labute approximate surface area is 118 Å². The van der Waals surface area contributed by atoms with Crippen molar-refractivity contribution in [3.8, 4) is 5.75 Å². The zero-order valence-corrected chi connectivity index (χ0v) is 12.3. The Morgan fingerprint density at radius 2 is 2.11 bits per heavy atom. The lowest BCUT2D eigenvalue weighted by molar-refractivity contribution is 0.334. The zero-order valence-electron chi connectivity index (χ0n) is 11.5. The quantitative estimate of drug-likeness (QED) is 0.882. The van der Waals surface area contributed by atoms with Gasteiger partial charge in [0, 0.05) is 5.56 Å². The number of hydrogen-bond acceptors (Lipinski definition) is 5. The molecule has 5 heteroatoms. The summed E-state index contributed by atoms with van der Waals surface area (Å²) >= 11 is 1.45. The summed E-state index contributed by atoms with van der Waals surface area (Å²) in [5.74, 6) is 0.916. The van der Waals surface area contributed by atoms with Gasteiger partial charge in [0.15, 0.2) is 0 Å². The summed E-state index contributed by atoms with van der Waals surface area (Å²) in [5.41, 5.74) is 2.18. The van der Waals surface area contributed by atoms with E-state index in [1.54, 1.807) is 0 Å². The zero-order chi connectivity index (χ0) is 13.7. The number of aryl methyl sites for hydroxylation is 1. The molecule has 1 unspecified atom stereocenters. The number of para-hydroxylation sites is 1. The second-order valence-electron chi connectivity index (χ2n) is 4.13. The number of hydrogen-bond donors (Lipinski definition) is 1. The molecule has 1 atom stereocenters. The minimum absolute atomic E-state index is 0.0812. The van der Waals surface area contributed by atoms with E-state index in [1.807, 2.05) is 32.2 Å².